The van der Waals surface area contributed by atoms with Crippen LogP contribution >= 0.6 is 0 Å². The van der Waals surface area contributed by atoms with Crippen LogP contribution in [0.25, 0.3) is 0 Å². The van der Waals surface area contributed by atoms with E-state index in [0.29, 0.717) is 31.0 Å². The van der Waals surface area contributed by atoms with E-state index in [-0.39, 0.29) is 41.9 Å². The van der Waals surface area contributed by atoms with Crippen molar-refractivity contribution in [1.82, 2.24) is 25.3 Å². The second-order valence-electron chi connectivity index (χ2n) is 14.4. The van der Waals surface area contributed by atoms with E-state index in [1.165, 1.54) is 32.1 Å². The normalized spacial score (nSPS) is 41.7. The summed E-state index contributed by atoms with van der Waals surface area (Å²) in [4.78, 5) is 34.5. The summed E-state index contributed by atoms with van der Waals surface area (Å²) >= 11 is 0. The van der Waals surface area contributed by atoms with Gasteiger partial charge in [-0.2, -0.15) is 0 Å². The zero-order valence-corrected chi connectivity index (χ0v) is 25.9. The van der Waals surface area contributed by atoms with Crippen molar-refractivity contribution >= 4 is 11.7 Å². The Bertz CT molecular complexity index is 1050. The topological polar surface area (TPSA) is 86.4 Å². The first-order valence-corrected chi connectivity index (χ1v) is 17.3. The fourth-order valence-corrected chi connectivity index (χ4v) is 9.77. The number of morpholine rings is 2. The molecule has 7 rings (SSSR count). The Hall–Kier alpha value is -1.59. The minimum atomic E-state index is -1.20. The molecule has 4 aliphatic heterocycles. The Morgan fingerprint density at radius 3 is 2.67 bits per heavy atom. The van der Waals surface area contributed by atoms with Crippen LogP contribution in [0.15, 0.2) is 11.8 Å². The van der Waals surface area contributed by atoms with Gasteiger partial charge in [-0.25, -0.2) is 4.39 Å². The molecule has 3 saturated carbocycles. The lowest BCUT2D eigenvalue weighted by Crippen LogP contribution is -2.74. The van der Waals surface area contributed by atoms with Crippen molar-refractivity contribution in [2.24, 2.45) is 17.8 Å². The van der Waals surface area contributed by atoms with E-state index in [1.807, 2.05) is 6.20 Å². The van der Waals surface area contributed by atoms with Gasteiger partial charge in [-0.3, -0.25) is 14.5 Å². The molecule has 2 N–H and O–H groups in total. The van der Waals surface area contributed by atoms with Gasteiger partial charge in [-0.15, -0.1) is 0 Å². The number of alkyl halides is 1. The fraction of sp³-hybridized carbons (Fsp3) is 0.879. The Kier molecular flexibility index (Phi) is 9.11. The molecule has 43 heavy (non-hydrogen) atoms. The number of nitrogens with one attached hydrogen (secondary N) is 2. The number of rotatable bonds is 8. The number of hydrogen-bond acceptors (Lipinski definition) is 8. The van der Waals surface area contributed by atoms with Gasteiger partial charge in [0.05, 0.1) is 49.1 Å². The van der Waals surface area contributed by atoms with E-state index < -0.39 is 24.2 Å². The highest BCUT2D eigenvalue weighted by molar-refractivity contribution is 6.20. The zero-order chi connectivity index (χ0) is 29.5. The van der Waals surface area contributed by atoms with Gasteiger partial charge in [-0.05, 0) is 70.4 Å². The molecule has 0 aromatic carbocycles. The van der Waals surface area contributed by atoms with Crippen LogP contribution < -0.4 is 10.6 Å². The number of halogens is 1. The molecule has 10 unspecified atom stereocenters. The lowest BCUT2D eigenvalue weighted by Gasteiger charge is -2.61. The largest absolute Gasteiger partial charge is 0.379 e. The van der Waals surface area contributed by atoms with Crippen LogP contribution in [0, 0.1) is 17.8 Å². The standard InChI is InChI=1S/C33H52FN5O4/c1-37-13-4-6-22(37)10-11-36-33(41)25-20-39-27-9-8-21-5-2-3-7-23(21)31(27)43-32-28(26(34)19-24(29(32)39)30(25)40)35-12-14-38-15-17-42-18-16-38/h20-24,26-29,31-32,35H,2-19H2,1H3,(H,36,41). The fourth-order valence-electron chi connectivity index (χ4n) is 9.77. The summed E-state index contributed by atoms with van der Waals surface area (Å²) in [6, 6.07) is -0.0816. The number of nitrogens with zero attached hydrogens (tertiary/aromatic N) is 3. The predicted octanol–water partition coefficient (Wildman–Crippen LogP) is 2.11. The van der Waals surface area contributed by atoms with Gasteiger partial charge in [0.2, 0.25) is 0 Å². The lowest BCUT2D eigenvalue weighted by molar-refractivity contribution is -0.220. The minimum Gasteiger partial charge on any atom is -0.379 e. The SMILES string of the molecule is CN1CCCC1CCNC(=O)C1=CN2C3CCC4CCCCC4C3OC3C(NCCN4CCOCC4)C(F)CC(C1=O)C32. The van der Waals surface area contributed by atoms with Crippen LogP contribution in [0.4, 0.5) is 4.39 Å². The van der Waals surface area contributed by atoms with Gasteiger partial charge in [0.1, 0.15) is 6.17 Å². The second-order valence-corrected chi connectivity index (χ2v) is 14.4. The van der Waals surface area contributed by atoms with Crippen LogP contribution in [0.3, 0.4) is 0 Å². The third-order valence-electron chi connectivity index (χ3n) is 12.1. The number of amides is 1. The van der Waals surface area contributed by atoms with Crippen molar-refractivity contribution in [3.8, 4) is 0 Å². The first-order valence-electron chi connectivity index (χ1n) is 17.3. The number of ketones is 1. The highest BCUT2D eigenvalue weighted by Gasteiger charge is 2.60. The highest BCUT2D eigenvalue weighted by atomic mass is 19.1. The number of ether oxygens (including phenoxy) is 2. The van der Waals surface area contributed by atoms with E-state index in [4.69, 9.17) is 9.47 Å². The highest BCUT2D eigenvalue weighted by Crippen LogP contribution is 2.50. The summed E-state index contributed by atoms with van der Waals surface area (Å²) in [5.74, 6) is 0.0640. The molecule has 3 saturated heterocycles. The predicted molar refractivity (Wildman–Crippen MR) is 161 cm³/mol. The summed E-state index contributed by atoms with van der Waals surface area (Å²) in [7, 11) is 2.14. The number of hydrogen-bond donors (Lipinski definition) is 2. The maximum absolute atomic E-state index is 16.2. The molecule has 10 heteroatoms. The molecule has 10 atom stereocenters. The molecule has 3 aliphatic carbocycles. The summed E-state index contributed by atoms with van der Waals surface area (Å²) in [6.07, 6.45) is 10.7. The first-order chi connectivity index (χ1) is 21.0. The van der Waals surface area contributed by atoms with Crippen LogP contribution in [-0.2, 0) is 19.1 Å². The molecule has 0 aromatic rings. The van der Waals surface area contributed by atoms with Crippen molar-refractivity contribution in [2.45, 2.75) is 107 Å². The molecule has 0 bridgehead atoms. The molecular formula is C33H52FN5O4. The molecule has 4 heterocycles. The lowest BCUT2D eigenvalue weighted by atomic mass is 9.64. The molecule has 9 nitrogen and oxygen atoms in total. The van der Waals surface area contributed by atoms with Gasteiger partial charge < -0.3 is 29.9 Å². The summed E-state index contributed by atoms with van der Waals surface area (Å²) in [5, 5.41) is 6.62. The van der Waals surface area contributed by atoms with Crippen LogP contribution in [0.1, 0.15) is 64.2 Å². The summed E-state index contributed by atoms with van der Waals surface area (Å²) in [6.45, 7) is 6.46. The molecule has 0 spiro atoms. The Balaban J connectivity index is 1.12. The Morgan fingerprint density at radius 2 is 1.86 bits per heavy atom. The van der Waals surface area contributed by atoms with Crippen molar-refractivity contribution in [2.75, 3.05) is 59.5 Å². The van der Waals surface area contributed by atoms with Crippen molar-refractivity contribution in [3.05, 3.63) is 11.8 Å². The van der Waals surface area contributed by atoms with Crippen LogP contribution in [0.2, 0.25) is 0 Å². The minimum absolute atomic E-state index is 0.0152. The Morgan fingerprint density at radius 1 is 1.02 bits per heavy atom. The monoisotopic (exact) mass is 601 g/mol. The van der Waals surface area contributed by atoms with Crippen molar-refractivity contribution in [1.29, 1.82) is 0 Å². The summed E-state index contributed by atoms with van der Waals surface area (Å²) in [5.41, 5.74) is 0.220. The maximum Gasteiger partial charge on any atom is 0.256 e. The quantitative estimate of drug-likeness (QED) is 0.410. The average molecular weight is 602 g/mol. The summed E-state index contributed by atoms with van der Waals surface area (Å²) < 4.78 is 28.7. The number of fused-ring (bicyclic) bond motifs is 4. The molecule has 1 amide bonds. The van der Waals surface area contributed by atoms with E-state index in [2.05, 4.69) is 32.4 Å². The van der Waals surface area contributed by atoms with E-state index in [1.54, 1.807) is 0 Å². The smallest absolute Gasteiger partial charge is 0.256 e. The number of carbonyl (C=O) groups excluding carboxylic acids is 2. The number of Topliss-reactive ketones (excluding diaryl/α,β-unsaturated/α-hetero) is 1. The average Bonchev–Trinajstić information content (AvgIpc) is 3.44. The molecule has 6 fully saturated rings. The molecule has 0 radical (unpaired) electrons. The first kappa shape index (κ1) is 30.1. The third kappa shape index (κ3) is 5.91. The van der Waals surface area contributed by atoms with Crippen LogP contribution in [-0.4, -0.2) is 128 Å². The van der Waals surface area contributed by atoms with Gasteiger partial charge >= 0.3 is 0 Å². The molecule has 7 aliphatic rings. The number of likely N-dealkylation sites (tertiary alicyclic amines) is 1. The van der Waals surface area contributed by atoms with Gasteiger partial charge in [-0.1, -0.05) is 19.3 Å². The molecule has 240 valence electrons. The van der Waals surface area contributed by atoms with Crippen molar-refractivity contribution in [3.63, 3.8) is 0 Å². The third-order valence-corrected chi connectivity index (χ3v) is 12.1. The molecule has 0 aromatic heterocycles. The van der Waals surface area contributed by atoms with E-state index in [0.717, 1.165) is 65.1 Å². The van der Waals surface area contributed by atoms with E-state index in [9.17, 15) is 9.59 Å². The second kappa shape index (κ2) is 13.0. The molecular weight excluding hydrogens is 549 g/mol. The van der Waals surface area contributed by atoms with Crippen molar-refractivity contribution < 1.29 is 23.5 Å². The number of carbonyl (C=O) groups is 2. The zero-order valence-electron chi connectivity index (χ0n) is 25.9. The maximum atomic E-state index is 16.2. The van der Waals surface area contributed by atoms with E-state index >= 15 is 4.39 Å². The van der Waals surface area contributed by atoms with Gasteiger partial charge in [0, 0.05) is 50.9 Å². The Labute approximate surface area is 256 Å². The van der Waals surface area contributed by atoms with Gasteiger partial charge in [0.15, 0.2) is 5.78 Å². The van der Waals surface area contributed by atoms with Gasteiger partial charge in [0.25, 0.3) is 5.91 Å². The van der Waals surface area contributed by atoms with Crippen LogP contribution in [0.5, 0.6) is 0 Å².